The van der Waals surface area contributed by atoms with Gasteiger partial charge in [-0.2, -0.15) is 0 Å². The van der Waals surface area contributed by atoms with Crippen molar-refractivity contribution in [3.8, 4) is 0 Å². The summed E-state index contributed by atoms with van der Waals surface area (Å²) in [6, 6.07) is 4.62. The largest absolute Gasteiger partial charge is 0.394 e. The molecule has 0 fully saturated rings. The van der Waals surface area contributed by atoms with Gasteiger partial charge in [0.15, 0.2) is 0 Å². The Morgan fingerprint density at radius 1 is 1.47 bits per heavy atom. The molecule has 1 aromatic rings. The summed E-state index contributed by atoms with van der Waals surface area (Å²) in [6.45, 7) is 5.86. The van der Waals surface area contributed by atoms with Crippen molar-refractivity contribution in [2.45, 2.75) is 26.8 Å². The molecule has 0 spiro atoms. The molecule has 0 aliphatic rings. The first-order chi connectivity index (χ1) is 7.95. The molecule has 0 radical (unpaired) electrons. The van der Waals surface area contributed by atoms with Gasteiger partial charge >= 0.3 is 0 Å². The Morgan fingerprint density at radius 3 is 2.53 bits per heavy atom. The van der Waals surface area contributed by atoms with Crippen LogP contribution in [0.5, 0.6) is 0 Å². The second kappa shape index (κ2) is 5.63. The van der Waals surface area contributed by atoms with E-state index in [0.717, 1.165) is 11.3 Å². The fraction of sp³-hybridized carbons (Fsp3) is 0.500. The number of aliphatic hydroxyl groups is 1. The maximum atomic E-state index is 10.6. The molecular formula is C12H18N2O3. The zero-order chi connectivity index (χ0) is 13.0. The summed E-state index contributed by atoms with van der Waals surface area (Å²) in [5.74, 6) is 0.287. The lowest BCUT2D eigenvalue weighted by atomic mass is 10.0. The van der Waals surface area contributed by atoms with Gasteiger partial charge in [-0.1, -0.05) is 13.8 Å². The molecule has 0 aromatic heterocycles. The first-order valence-corrected chi connectivity index (χ1v) is 5.58. The van der Waals surface area contributed by atoms with Crippen molar-refractivity contribution in [1.82, 2.24) is 0 Å². The average Bonchev–Trinajstić information content (AvgIpc) is 2.26. The van der Waals surface area contributed by atoms with Gasteiger partial charge in [-0.05, 0) is 24.5 Å². The van der Waals surface area contributed by atoms with Gasteiger partial charge in [0, 0.05) is 17.8 Å². The molecule has 0 amide bonds. The van der Waals surface area contributed by atoms with Crippen molar-refractivity contribution in [3.05, 3.63) is 33.9 Å². The molecule has 17 heavy (non-hydrogen) atoms. The molecule has 0 aliphatic carbocycles. The number of hydrogen-bond donors (Lipinski definition) is 2. The molecule has 1 rings (SSSR count). The van der Waals surface area contributed by atoms with Gasteiger partial charge < -0.3 is 10.4 Å². The van der Waals surface area contributed by atoms with Gasteiger partial charge in [-0.3, -0.25) is 10.1 Å². The Hall–Kier alpha value is -1.62. The molecule has 94 valence electrons. The van der Waals surface area contributed by atoms with Gasteiger partial charge in [0.05, 0.1) is 17.6 Å². The zero-order valence-electron chi connectivity index (χ0n) is 10.3. The lowest BCUT2D eigenvalue weighted by Crippen LogP contribution is -2.29. The molecule has 0 saturated heterocycles. The van der Waals surface area contributed by atoms with E-state index >= 15 is 0 Å². The highest BCUT2D eigenvalue weighted by Crippen LogP contribution is 2.22. The molecule has 0 saturated carbocycles. The van der Waals surface area contributed by atoms with Crippen LogP contribution in [-0.4, -0.2) is 22.7 Å². The van der Waals surface area contributed by atoms with Crippen LogP contribution in [-0.2, 0) is 0 Å². The van der Waals surface area contributed by atoms with Crippen molar-refractivity contribution in [3.63, 3.8) is 0 Å². The molecule has 1 aromatic carbocycles. The van der Waals surface area contributed by atoms with Crippen molar-refractivity contribution in [2.24, 2.45) is 5.92 Å². The van der Waals surface area contributed by atoms with Crippen LogP contribution in [0, 0.1) is 23.0 Å². The van der Waals surface area contributed by atoms with Gasteiger partial charge in [0.1, 0.15) is 0 Å². The van der Waals surface area contributed by atoms with Crippen LogP contribution >= 0.6 is 0 Å². The molecule has 0 bridgehead atoms. The van der Waals surface area contributed by atoms with Gasteiger partial charge in [-0.25, -0.2) is 0 Å². The number of nitro groups is 1. The van der Waals surface area contributed by atoms with Crippen molar-refractivity contribution in [2.75, 3.05) is 11.9 Å². The molecule has 0 heterocycles. The van der Waals surface area contributed by atoms with E-state index in [4.69, 9.17) is 0 Å². The van der Waals surface area contributed by atoms with Crippen molar-refractivity contribution < 1.29 is 10.0 Å². The van der Waals surface area contributed by atoms with Crippen LogP contribution in [0.2, 0.25) is 0 Å². The van der Waals surface area contributed by atoms with E-state index in [1.165, 1.54) is 12.1 Å². The number of nitrogens with one attached hydrogen (secondary N) is 1. The predicted octanol–water partition coefficient (Wildman–Crippen LogP) is 2.33. The average molecular weight is 238 g/mol. The van der Waals surface area contributed by atoms with Gasteiger partial charge in [-0.15, -0.1) is 0 Å². The summed E-state index contributed by atoms with van der Waals surface area (Å²) in [4.78, 5) is 10.2. The fourth-order valence-electron chi connectivity index (χ4n) is 1.55. The SMILES string of the molecule is Cc1cc([N+](=O)[O-])ccc1NC(CO)C(C)C. The van der Waals surface area contributed by atoms with E-state index in [-0.39, 0.29) is 24.3 Å². The van der Waals surface area contributed by atoms with Crippen LogP contribution in [0.1, 0.15) is 19.4 Å². The lowest BCUT2D eigenvalue weighted by molar-refractivity contribution is -0.384. The quantitative estimate of drug-likeness (QED) is 0.609. The van der Waals surface area contributed by atoms with Crippen LogP contribution in [0.4, 0.5) is 11.4 Å². The number of anilines is 1. The third-order valence-electron chi connectivity index (χ3n) is 2.76. The standard InChI is InChI=1S/C12H18N2O3/c1-8(2)12(7-15)13-11-5-4-10(14(16)17)6-9(11)3/h4-6,8,12-13,15H,7H2,1-3H3. The molecule has 5 nitrogen and oxygen atoms in total. The van der Waals surface area contributed by atoms with E-state index in [2.05, 4.69) is 5.32 Å². The van der Waals surface area contributed by atoms with E-state index in [1.54, 1.807) is 6.07 Å². The Morgan fingerprint density at radius 2 is 2.12 bits per heavy atom. The first-order valence-electron chi connectivity index (χ1n) is 5.58. The number of aliphatic hydroxyl groups excluding tert-OH is 1. The Bertz CT molecular complexity index is 405. The Balaban J connectivity index is 2.89. The lowest BCUT2D eigenvalue weighted by Gasteiger charge is -2.22. The summed E-state index contributed by atoms with van der Waals surface area (Å²) in [6.07, 6.45) is 0. The van der Waals surface area contributed by atoms with Crippen molar-refractivity contribution >= 4 is 11.4 Å². The maximum absolute atomic E-state index is 10.6. The molecule has 2 N–H and O–H groups in total. The monoisotopic (exact) mass is 238 g/mol. The van der Waals surface area contributed by atoms with Crippen LogP contribution in [0.25, 0.3) is 0 Å². The van der Waals surface area contributed by atoms with Gasteiger partial charge in [0.2, 0.25) is 0 Å². The molecular weight excluding hydrogens is 220 g/mol. The smallest absolute Gasteiger partial charge is 0.269 e. The number of benzene rings is 1. The Labute approximate surface area is 101 Å². The summed E-state index contributed by atoms with van der Waals surface area (Å²) in [5.41, 5.74) is 1.71. The maximum Gasteiger partial charge on any atom is 0.269 e. The Kier molecular flexibility index (Phi) is 4.45. The molecule has 1 atom stereocenters. The molecule has 1 unspecified atom stereocenters. The van der Waals surface area contributed by atoms with Crippen LogP contribution < -0.4 is 5.32 Å². The van der Waals surface area contributed by atoms with Crippen LogP contribution in [0.3, 0.4) is 0 Å². The molecule has 0 aliphatic heterocycles. The summed E-state index contributed by atoms with van der Waals surface area (Å²) in [7, 11) is 0. The second-order valence-corrected chi connectivity index (χ2v) is 4.43. The highest BCUT2D eigenvalue weighted by atomic mass is 16.6. The van der Waals surface area contributed by atoms with Crippen LogP contribution in [0.15, 0.2) is 18.2 Å². The third kappa shape index (κ3) is 3.42. The topological polar surface area (TPSA) is 75.4 Å². The van der Waals surface area contributed by atoms with Gasteiger partial charge in [0.25, 0.3) is 5.69 Å². The van der Waals surface area contributed by atoms with E-state index < -0.39 is 4.92 Å². The minimum Gasteiger partial charge on any atom is -0.394 e. The third-order valence-corrected chi connectivity index (χ3v) is 2.76. The predicted molar refractivity (Wildman–Crippen MR) is 67.2 cm³/mol. The summed E-state index contributed by atoms with van der Waals surface area (Å²) < 4.78 is 0. The number of rotatable bonds is 5. The van der Waals surface area contributed by atoms with Crippen molar-refractivity contribution in [1.29, 1.82) is 0 Å². The van der Waals surface area contributed by atoms with E-state index in [0.29, 0.717) is 0 Å². The zero-order valence-corrected chi connectivity index (χ0v) is 10.3. The van der Waals surface area contributed by atoms with E-state index in [9.17, 15) is 15.2 Å². The van der Waals surface area contributed by atoms with E-state index in [1.807, 2.05) is 20.8 Å². The normalized spacial score (nSPS) is 12.5. The minimum absolute atomic E-state index is 0.0358. The number of nitrogens with zero attached hydrogens (tertiary/aromatic N) is 1. The highest BCUT2D eigenvalue weighted by molar-refractivity contribution is 5.55. The highest BCUT2D eigenvalue weighted by Gasteiger charge is 2.14. The summed E-state index contributed by atoms with van der Waals surface area (Å²) >= 11 is 0. The number of nitro benzene ring substituents is 1. The first kappa shape index (κ1) is 13.4. The summed E-state index contributed by atoms with van der Waals surface area (Å²) in [5, 5.41) is 23.0. The molecule has 5 heteroatoms. The number of aryl methyl sites for hydroxylation is 1. The second-order valence-electron chi connectivity index (χ2n) is 4.43. The number of hydrogen-bond acceptors (Lipinski definition) is 4. The number of non-ortho nitro benzene ring substituents is 1. The fourth-order valence-corrected chi connectivity index (χ4v) is 1.55. The minimum atomic E-state index is -0.414.